The lowest BCUT2D eigenvalue weighted by molar-refractivity contribution is 0.364. The molecule has 1 saturated carbocycles. The van der Waals surface area contributed by atoms with Crippen molar-refractivity contribution in [1.82, 2.24) is 5.32 Å². The second kappa shape index (κ2) is 6.74. The molecule has 0 heterocycles. The standard InChI is InChI=1S/C13H27NO2S/c1-11(2)17(15,16)10-9-14-13-8-6-4-5-7-12(13)3/h11-14H,4-10H2,1-3H3. The van der Waals surface area contributed by atoms with E-state index in [0.29, 0.717) is 18.5 Å². The molecule has 1 aliphatic carbocycles. The summed E-state index contributed by atoms with van der Waals surface area (Å²) in [5.74, 6) is 0.952. The van der Waals surface area contributed by atoms with Gasteiger partial charge in [-0.1, -0.05) is 26.2 Å². The Balaban J connectivity index is 2.34. The summed E-state index contributed by atoms with van der Waals surface area (Å²) in [6.07, 6.45) is 6.40. The number of hydrogen-bond donors (Lipinski definition) is 1. The molecule has 0 saturated heterocycles. The molecule has 1 fully saturated rings. The molecule has 0 radical (unpaired) electrons. The van der Waals surface area contributed by atoms with Gasteiger partial charge in [-0.15, -0.1) is 0 Å². The molecule has 0 aromatic heterocycles. The molecule has 2 unspecified atom stereocenters. The van der Waals surface area contributed by atoms with Gasteiger partial charge in [0.15, 0.2) is 9.84 Å². The van der Waals surface area contributed by atoms with Crippen molar-refractivity contribution in [3.05, 3.63) is 0 Å². The van der Waals surface area contributed by atoms with Crippen LogP contribution in [0.2, 0.25) is 0 Å². The van der Waals surface area contributed by atoms with Crippen LogP contribution in [-0.2, 0) is 9.84 Å². The topological polar surface area (TPSA) is 46.2 Å². The highest BCUT2D eigenvalue weighted by molar-refractivity contribution is 7.92. The minimum atomic E-state index is -2.89. The fourth-order valence-electron chi connectivity index (χ4n) is 2.42. The first-order valence-electron chi connectivity index (χ1n) is 6.88. The van der Waals surface area contributed by atoms with Gasteiger partial charge in [0.2, 0.25) is 0 Å². The molecular formula is C13H27NO2S. The van der Waals surface area contributed by atoms with Gasteiger partial charge in [-0.05, 0) is 32.6 Å². The van der Waals surface area contributed by atoms with Crippen molar-refractivity contribution in [3.63, 3.8) is 0 Å². The van der Waals surface area contributed by atoms with Crippen LogP contribution in [0.3, 0.4) is 0 Å². The summed E-state index contributed by atoms with van der Waals surface area (Å²) in [5.41, 5.74) is 0. The molecule has 1 aliphatic rings. The monoisotopic (exact) mass is 261 g/mol. The van der Waals surface area contributed by atoms with Crippen LogP contribution in [0.15, 0.2) is 0 Å². The van der Waals surface area contributed by atoms with E-state index >= 15 is 0 Å². The third-order valence-electron chi connectivity index (χ3n) is 3.87. The first-order valence-corrected chi connectivity index (χ1v) is 8.60. The quantitative estimate of drug-likeness (QED) is 0.773. The highest BCUT2D eigenvalue weighted by atomic mass is 32.2. The highest BCUT2D eigenvalue weighted by Crippen LogP contribution is 2.22. The molecule has 0 aromatic rings. The maximum atomic E-state index is 11.7. The molecule has 17 heavy (non-hydrogen) atoms. The summed E-state index contributed by atoms with van der Waals surface area (Å²) < 4.78 is 23.4. The normalized spacial score (nSPS) is 27.1. The van der Waals surface area contributed by atoms with Crippen LogP contribution in [0.25, 0.3) is 0 Å². The van der Waals surface area contributed by atoms with E-state index in [-0.39, 0.29) is 11.0 Å². The lowest BCUT2D eigenvalue weighted by Gasteiger charge is -2.23. The lowest BCUT2D eigenvalue weighted by atomic mass is 9.97. The average Bonchev–Trinajstić information content (AvgIpc) is 2.44. The molecule has 2 atom stereocenters. The van der Waals surface area contributed by atoms with E-state index in [1.807, 2.05) is 0 Å². The van der Waals surface area contributed by atoms with Gasteiger partial charge < -0.3 is 5.32 Å². The molecule has 4 heteroatoms. The van der Waals surface area contributed by atoms with Gasteiger partial charge in [-0.2, -0.15) is 0 Å². The summed E-state index contributed by atoms with van der Waals surface area (Å²) >= 11 is 0. The van der Waals surface area contributed by atoms with Crippen molar-refractivity contribution in [1.29, 1.82) is 0 Å². The van der Waals surface area contributed by atoms with Gasteiger partial charge in [0.1, 0.15) is 0 Å². The Hall–Kier alpha value is -0.0900. The third kappa shape index (κ3) is 4.96. The van der Waals surface area contributed by atoms with Crippen LogP contribution >= 0.6 is 0 Å². The van der Waals surface area contributed by atoms with E-state index < -0.39 is 9.84 Å². The zero-order valence-electron chi connectivity index (χ0n) is 11.4. The van der Waals surface area contributed by atoms with E-state index in [1.54, 1.807) is 13.8 Å². The van der Waals surface area contributed by atoms with E-state index in [1.165, 1.54) is 32.1 Å². The van der Waals surface area contributed by atoms with Gasteiger partial charge >= 0.3 is 0 Å². The van der Waals surface area contributed by atoms with Crippen molar-refractivity contribution in [2.45, 2.75) is 64.2 Å². The van der Waals surface area contributed by atoms with Gasteiger partial charge in [-0.25, -0.2) is 8.42 Å². The van der Waals surface area contributed by atoms with Crippen molar-refractivity contribution < 1.29 is 8.42 Å². The highest BCUT2D eigenvalue weighted by Gasteiger charge is 2.21. The molecule has 0 spiro atoms. The second-order valence-electron chi connectivity index (χ2n) is 5.59. The van der Waals surface area contributed by atoms with Gasteiger partial charge in [-0.3, -0.25) is 0 Å². The summed E-state index contributed by atoms with van der Waals surface area (Å²) in [4.78, 5) is 0. The zero-order chi connectivity index (χ0) is 12.9. The molecular weight excluding hydrogens is 234 g/mol. The number of sulfone groups is 1. The van der Waals surface area contributed by atoms with Gasteiger partial charge in [0.25, 0.3) is 0 Å². The Morgan fingerprint density at radius 2 is 1.82 bits per heavy atom. The Labute approximate surface area is 106 Å². The maximum Gasteiger partial charge on any atom is 0.153 e. The molecule has 1 N–H and O–H groups in total. The van der Waals surface area contributed by atoms with Crippen LogP contribution in [0.4, 0.5) is 0 Å². The van der Waals surface area contributed by atoms with Crippen LogP contribution in [0, 0.1) is 5.92 Å². The van der Waals surface area contributed by atoms with Crippen LogP contribution in [0.1, 0.15) is 52.9 Å². The minimum Gasteiger partial charge on any atom is -0.313 e. The van der Waals surface area contributed by atoms with Gasteiger partial charge in [0, 0.05) is 12.6 Å². The molecule has 1 rings (SSSR count). The van der Waals surface area contributed by atoms with Crippen LogP contribution < -0.4 is 5.32 Å². The lowest BCUT2D eigenvalue weighted by Crippen LogP contribution is -2.38. The summed E-state index contributed by atoms with van der Waals surface area (Å²) in [6, 6.07) is 0.514. The molecule has 0 bridgehead atoms. The molecule has 102 valence electrons. The van der Waals surface area contributed by atoms with Crippen LogP contribution in [-0.4, -0.2) is 32.0 Å². The van der Waals surface area contributed by atoms with Crippen LogP contribution in [0.5, 0.6) is 0 Å². The Morgan fingerprint density at radius 1 is 1.18 bits per heavy atom. The Bertz CT molecular complexity index is 311. The van der Waals surface area contributed by atoms with Crippen molar-refractivity contribution >= 4 is 9.84 Å². The summed E-state index contributed by atoms with van der Waals surface area (Å²) in [6.45, 7) is 6.39. The van der Waals surface area contributed by atoms with Crippen molar-refractivity contribution in [3.8, 4) is 0 Å². The SMILES string of the molecule is CC1CCCCCC1NCCS(=O)(=O)C(C)C. The molecule has 3 nitrogen and oxygen atoms in total. The number of nitrogens with one attached hydrogen (secondary N) is 1. The molecule has 0 aliphatic heterocycles. The largest absolute Gasteiger partial charge is 0.313 e. The fourth-order valence-corrected chi connectivity index (χ4v) is 3.29. The predicted molar refractivity (Wildman–Crippen MR) is 73.0 cm³/mol. The van der Waals surface area contributed by atoms with Crippen molar-refractivity contribution in [2.75, 3.05) is 12.3 Å². The van der Waals surface area contributed by atoms with Crippen molar-refractivity contribution in [2.24, 2.45) is 5.92 Å². The summed E-state index contributed by atoms with van der Waals surface area (Å²) in [7, 11) is -2.89. The minimum absolute atomic E-state index is 0.254. The maximum absolute atomic E-state index is 11.7. The third-order valence-corrected chi connectivity index (χ3v) is 6.08. The fraction of sp³-hybridized carbons (Fsp3) is 1.00. The second-order valence-corrected chi connectivity index (χ2v) is 8.27. The predicted octanol–water partition coefficient (Wildman–Crippen LogP) is 2.37. The Morgan fingerprint density at radius 3 is 2.47 bits per heavy atom. The van der Waals surface area contributed by atoms with Gasteiger partial charge in [0.05, 0.1) is 11.0 Å². The summed E-state index contributed by atoms with van der Waals surface area (Å²) in [5, 5.41) is 3.19. The zero-order valence-corrected chi connectivity index (χ0v) is 12.2. The van der Waals surface area contributed by atoms with E-state index in [2.05, 4.69) is 12.2 Å². The first kappa shape index (κ1) is 15.0. The first-order chi connectivity index (χ1) is 7.93. The number of rotatable bonds is 5. The molecule has 0 aromatic carbocycles. The Kier molecular flexibility index (Phi) is 5.93. The van der Waals surface area contributed by atoms with E-state index in [0.717, 1.165) is 0 Å². The smallest absolute Gasteiger partial charge is 0.153 e. The average molecular weight is 261 g/mol. The van der Waals surface area contributed by atoms with E-state index in [9.17, 15) is 8.42 Å². The van der Waals surface area contributed by atoms with E-state index in [4.69, 9.17) is 0 Å². The molecule has 0 amide bonds. The number of hydrogen-bond acceptors (Lipinski definition) is 3.